The molecule has 2 aromatic heterocycles. The average molecular weight is 382 g/mol. The Morgan fingerprint density at radius 1 is 1.19 bits per heavy atom. The van der Waals surface area contributed by atoms with E-state index < -0.39 is 0 Å². The molecule has 1 amide bonds. The molecular weight excluding hydrogens is 366 g/mol. The van der Waals surface area contributed by atoms with Crippen molar-refractivity contribution < 1.29 is 4.79 Å². The molecule has 136 valence electrons. The Morgan fingerprint density at radius 3 is 2.74 bits per heavy atom. The third-order valence-electron chi connectivity index (χ3n) is 5.12. The Morgan fingerprint density at radius 2 is 2.00 bits per heavy atom. The van der Waals surface area contributed by atoms with Gasteiger partial charge >= 0.3 is 0 Å². The van der Waals surface area contributed by atoms with Crippen LogP contribution in [0.5, 0.6) is 0 Å². The van der Waals surface area contributed by atoms with Crippen molar-refractivity contribution in [3.05, 3.63) is 52.9 Å². The smallest absolute Gasteiger partial charge is 0.259 e. The van der Waals surface area contributed by atoms with E-state index in [0.717, 1.165) is 30.9 Å². The van der Waals surface area contributed by atoms with Gasteiger partial charge in [0, 0.05) is 18.7 Å². The molecule has 1 aromatic carbocycles. The van der Waals surface area contributed by atoms with Crippen LogP contribution in [-0.2, 0) is 0 Å². The topological polar surface area (TPSA) is 80.0 Å². The van der Waals surface area contributed by atoms with E-state index in [9.17, 15) is 4.79 Å². The standard InChI is InChI=1S/C18H16ClN7O/c1-11-21-22-23-26(11)13-4-2-12(3-5-13)18(27)25-14-8-9-24(10-14)15-6-7-16(19)20-17(15)25/h2-7,14H,8-10H2,1H3. The van der Waals surface area contributed by atoms with Gasteiger partial charge in [0.15, 0.2) is 11.6 Å². The number of aryl methyl sites for hydroxylation is 1. The van der Waals surface area contributed by atoms with E-state index in [0.29, 0.717) is 22.4 Å². The van der Waals surface area contributed by atoms with E-state index in [1.807, 2.05) is 25.1 Å². The molecule has 2 aliphatic rings. The molecule has 9 heteroatoms. The number of anilines is 2. The number of fused-ring (bicyclic) bond motifs is 4. The van der Waals surface area contributed by atoms with Crippen molar-refractivity contribution in [2.75, 3.05) is 22.9 Å². The van der Waals surface area contributed by atoms with Crippen LogP contribution in [0.25, 0.3) is 5.69 Å². The molecule has 1 unspecified atom stereocenters. The van der Waals surface area contributed by atoms with Gasteiger partial charge in [-0.3, -0.25) is 9.69 Å². The lowest BCUT2D eigenvalue weighted by atomic mass is 10.1. The number of hydrogen-bond acceptors (Lipinski definition) is 6. The SMILES string of the molecule is Cc1nnnn1-c1ccc(C(=O)N2c3nc(Cl)ccc3N3CCC2C3)cc1. The van der Waals surface area contributed by atoms with Gasteiger partial charge in [-0.1, -0.05) is 11.6 Å². The molecule has 0 aliphatic carbocycles. The summed E-state index contributed by atoms with van der Waals surface area (Å²) < 4.78 is 1.63. The maximum absolute atomic E-state index is 13.3. The number of rotatable bonds is 2. The summed E-state index contributed by atoms with van der Waals surface area (Å²) in [5.41, 5.74) is 2.36. The molecule has 3 aromatic rings. The summed E-state index contributed by atoms with van der Waals surface area (Å²) in [6, 6.07) is 11.1. The van der Waals surface area contributed by atoms with Gasteiger partial charge in [0.1, 0.15) is 5.15 Å². The van der Waals surface area contributed by atoms with Crippen LogP contribution in [0.1, 0.15) is 22.6 Å². The molecule has 1 fully saturated rings. The second-order valence-electron chi connectivity index (χ2n) is 6.73. The van der Waals surface area contributed by atoms with Crippen LogP contribution in [0.3, 0.4) is 0 Å². The summed E-state index contributed by atoms with van der Waals surface area (Å²) in [5, 5.41) is 11.9. The lowest BCUT2D eigenvalue weighted by Crippen LogP contribution is -2.46. The predicted molar refractivity (Wildman–Crippen MR) is 101 cm³/mol. The van der Waals surface area contributed by atoms with E-state index in [1.54, 1.807) is 27.8 Å². The van der Waals surface area contributed by atoms with Gasteiger partial charge in [-0.2, -0.15) is 4.68 Å². The number of nitrogens with zero attached hydrogens (tertiary/aromatic N) is 7. The first-order valence-electron chi connectivity index (χ1n) is 8.72. The molecule has 1 atom stereocenters. The molecule has 0 N–H and O–H groups in total. The van der Waals surface area contributed by atoms with E-state index in [4.69, 9.17) is 11.6 Å². The first-order chi connectivity index (χ1) is 13.1. The first-order valence-corrected chi connectivity index (χ1v) is 9.10. The molecule has 5 rings (SSSR count). The first kappa shape index (κ1) is 16.2. The molecule has 27 heavy (non-hydrogen) atoms. The third kappa shape index (κ3) is 2.56. The van der Waals surface area contributed by atoms with Crippen LogP contribution in [-0.4, -0.2) is 50.2 Å². The predicted octanol–water partition coefficient (Wildman–Crippen LogP) is 2.26. The van der Waals surface area contributed by atoms with E-state index in [-0.39, 0.29) is 11.9 Å². The van der Waals surface area contributed by atoms with Crippen molar-refractivity contribution in [3.8, 4) is 5.69 Å². The van der Waals surface area contributed by atoms with Crippen molar-refractivity contribution in [3.63, 3.8) is 0 Å². The second kappa shape index (κ2) is 6.02. The Kier molecular flexibility index (Phi) is 3.61. The second-order valence-corrected chi connectivity index (χ2v) is 7.11. The van der Waals surface area contributed by atoms with Gasteiger partial charge in [-0.25, -0.2) is 4.98 Å². The Balaban J connectivity index is 1.51. The maximum Gasteiger partial charge on any atom is 0.259 e. The number of benzene rings is 1. The minimum Gasteiger partial charge on any atom is -0.366 e. The molecule has 1 saturated heterocycles. The third-order valence-corrected chi connectivity index (χ3v) is 5.33. The molecule has 2 bridgehead atoms. The zero-order valence-corrected chi connectivity index (χ0v) is 15.3. The Labute approximate surface area is 160 Å². The van der Waals surface area contributed by atoms with Crippen molar-refractivity contribution in [1.82, 2.24) is 25.2 Å². The van der Waals surface area contributed by atoms with Crippen molar-refractivity contribution in [2.24, 2.45) is 0 Å². The highest BCUT2D eigenvalue weighted by Crippen LogP contribution is 2.40. The fourth-order valence-corrected chi connectivity index (χ4v) is 3.95. The van der Waals surface area contributed by atoms with Crippen LogP contribution in [0, 0.1) is 6.92 Å². The summed E-state index contributed by atoms with van der Waals surface area (Å²) in [4.78, 5) is 21.8. The van der Waals surface area contributed by atoms with Crippen LogP contribution in [0.4, 0.5) is 11.5 Å². The number of halogens is 1. The lowest BCUT2D eigenvalue weighted by Gasteiger charge is -2.35. The minimum absolute atomic E-state index is 0.0717. The molecule has 0 spiro atoms. The number of amides is 1. The Bertz CT molecular complexity index is 1030. The van der Waals surface area contributed by atoms with E-state index in [2.05, 4.69) is 25.4 Å². The van der Waals surface area contributed by atoms with Crippen LogP contribution < -0.4 is 9.80 Å². The van der Waals surface area contributed by atoms with Crippen LogP contribution >= 0.6 is 11.6 Å². The molecular formula is C18H16ClN7O. The maximum atomic E-state index is 13.3. The zero-order chi connectivity index (χ0) is 18.5. The monoisotopic (exact) mass is 381 g/mol. The number of carbonyl (C=O) groups excluding carboxylic acids is 1. The van der Waals surface area contributed by atoms with Gasteiger partial charge in [-0.05, 0) is 60.2 Å². The Hall–Kier alpha value is -3.00. The molecule has 8 nitrogen and oxygen atoms in total. The highest BCUT2D eigenvalue weighted by atomic mass is 35.5. The molecule has 2 aliphatic heterocycles. The fourth-order valence-electron chi connectivity index (χ4n) is 3.80. The van der Waals surface area contributed by atoms with E-state index in [1.165, 1.54) is 0 Å². The molecule has 0 radical (unpaired) electrons. The number of tetrazole rings is 1. The summed E-state index contributed by atoms with van der Waals surface area (Å²) in [6.45, 7) is 3.57. The largest absolute Gasteiger partial charge is 0.366 e. The van der Waals surface area contributed by atoms with Crippen molar-refractivity contribution in [1.29, 1.82) is 0 Å². The quantitative estimate of drug-likeness (QED) is 0.633. The number of aromatic nitrogens is 5. The zero-order valence-electron chi connectivity index (χ0n) is 14.6. The van der Waals surface area contributed by atoms with Crippen LogP contribution in [0.2, 0.25) is 5.15 Å². The van der Waals surface area contributed by atoms with Gasteiger partial charge < -0.3 is 4.90 Å². The minimum atomic E-state index is -0.0717. The normalized spacial score (nSPS) is 17.9. The van der Waals surface area contributed by atoms with Crippen molar-refractivity contribution in [2.45, 2.75) is 19.4 Å². The van der Waals surface area contributed by atoms with Gasteiger partial charge in [-0.15, -0.1) is 5.10 Å². The lowest BCUT2D eigenvalue weighted by molar-refractivity contribution is 0.0977. The molecule has 4 heterocycles. The van der Waals surface area contributed by atoms with Gasteiger partial charge in [0.2, 0.25) is 0 Å². The highest BCUT2D eigenvalue weighted by Gasteiger charge is 2.40. The summed E-state index contributed by atoms with van der Waals surface area (Å²) in [7, 11) is 0. The average Bonchev–Trinajstić information content (AvgIpc) is 3.29. The van der Waals surface area contributed by atoms with Crippen LogP contribution in [0.15, 0.2) is 36.4 Å². The number of hydrogen-bond donors (Lipinski definition) is 0. The van der Waals surface area contributed by atoms with Crippen molar-refractivity contribution >= 4 is 29.0 Å². The number of pyridine rings is 1. The fraction of sp³-hybridized carbons (Fsp3) is 0.278. The van der Waals surface area contributed by atoms with Gasteiger partial charge in [0.05, 0.1) is 17.4 Å². The van der Waals surface area contributed by atoms with E-state index >= 15 is 0 Å². The molecule has 0 saturated carbocycles. The number of carbonyl (C=O) groups is 1. The summed E-state index contributed by atoms with van der Waals surface area (Å²) in [5.74, 6) is 1.25. The van der Waals surface area contributed by atoms with Gasteiger partial charge in [0.25, 0.3) is 5.91 Å². The summed E-state index contributed by atoms with van der Waals surface area (Å²) >= 11 is 6.11. The summed E-state index contributed by atoms with van der Waals surface area (Å²) in [6.07, 6.45) is 0.918. The highest BCUT2D eigenvalue weighted by molar-refractivity contribution is 6.29.